The molecule has 0 radical (unpaired) electrons. The van der Waals surface area contributed by atoms with Gasteiger partial charge in [-0.3, -0.25) is 4.79 Å². The number of amides is 1. The van der Waals surface area contributed by atoms with Crippen LogP contribution in [0.5, 0.6) is 11.5 Å². The molecule has 0 aromatic heterocycles. The maximum atomic E-state index is 12.5. The van der Waals surface area contributed by atoms with Crippen LogP contribution in [0.25, 0.3) is 6.08 Å². The average molecular weight is 439 g/mol. The van der Waals surface area contributed by atoms with E-state index in [0.717, 1.165) is 5.56 Å². The van der Waals surface area contributed by atoms with Crippen LogP contribution in [0.15, 0.2) is 72.3 Å². The number of ether oxygens (including phenoxy) is 1. The second-order valence-corrected chi connectivity index (χ2v) is 7.06. The molecule has 0 heterocycles. The molecule has 30 heavy (non-hydrogen) atoms. The van der Waals surface area contributed by atoms with Gasteiger partial charge in [-0.15, -0.1) is 0 Å². The number of carbonyl (C=O) groups is 1. The lowest BCUT2D eigenvalue weighted by Crippen LogP contribution is -2.13. The molecule has 0 aliphatic rings. The Morgan fingerprint density at radius 1 is 1.07 bits per heavy atom. The maximum Gasteiger partial charge on any atom is 0.266 e. The lowest BCUT2D eigenvalue weighted by Gasteiger charge is -2.10. The van der Waals surface area contributed by atoms with Gasteiger partial charge in [-0.2, -0.15) is 5.26 Å². The Bertz CT molecular complexity index is 1140. The number of nitrogens with zero attached hydrogens (tertiary/aromatic N) is 1. The number of para-hydroxylation sites is 1. The molecule has 2 N–H and O–H groups in total. The van der Waals surface area contributed by atoms with Crippen molar-refractivity contribution in [2.24, 2.45) is 0 Å². The number of benzene rings is 3. The molecule has 0 saturated carbocycles. The molecule has 0 spiro atoms. The molecule has 5 nitrogen and oxygen atoms in total. The van der Waals surface area contributed by atoms with Crippen molar-refractivity contribution in [1.82, 2.24) is 0 Å². The fraction of sp³-hybridized carbons (Fsp3) is 0.0435. The fourth-order valence-electron chi connectivity index (χ4n) is 2.57. The van der Waals surface area contributed by atoms with Crippen molar-refractivity contribution in [1.29, 1.82) is 5.26 Å². The zero-order chi connectivity index (χ0) is 21.5. The Balaban J connectivity index is 1.77. The van der Waals surface area contributed by atoms with E-state index in [4.69, 9.17) is 27.9 Å². The first-order valence-electron chi connectivity index (χ1n) is 8.84. The summed E-state index contributed by atoms with van der Waals surface area (Å²) in [5, 5.41) is 22.3. The zero-order valence-electron chi connectivity index (χ0n) is 15.6. The summed E-state index contributed by atoms with van der Waals surface area (Å²) < 4.78 is 5.86. The topological polar surface area (TPSA) is 82.3 Å². The molecule has 0 fully saturated rings. The molecule has 0 bridgehead atoms. The predicted molar refractivity (Wildman–Crippen MR) is 118 cm³/mol. The second kappa shape index (κ2) is 9.84. The summed E-state index contributed by atoms with van der Waals surface area (Å²) in [6.45, 7) is 0.239. The van der Waals surface area contributed by atoms with Crippen LogP contribution in [0.1, 0.15) is 11.1 Å². The average Bonchev–Trinajstić information content (AvgIpc) is 2.75. The molecule has 3 aromatic rings. The number of hydrogen-bond donors (Lipinski definition) is 2. The molecule has 7 heteroatoms. The first-order valence-corrected chi connectivity index (χ1v) is 9.60. The summed E-state index contributed by atoms with van der Waals surface area (Å²) >= 11 is 12.0. The number of anilines is 1. The Labute approximate surface area is 183 Å². The number of phenolic OH excluding ortho intramolecular Hbond substituents is 1. The highest BCUT2D eigenvalue weighted by molar-refractivity contribution is 6.42. The molecular formula is C23H16Cl2N2O3. The van der Waals surface area contributed by atoms with Crippen molar-refractivity contribution in [2.75, 3.05) is 5.32 Å². The quantitative estimate of drug-likeness (QED) is 0.288. The van der Waals surface area contributed by atoms with E-state index in [1.807, 2.05) is 6.07 Å². The van der Waals surface area contributed by atoms with E-state index >= 15 is 0 Å². The van der Waals surface area contributed by atoms with Gasteiger partial charge in [0.15, 0.2) is 0 Å². The Kier molecular flexibility index (Phi) is 6.97. The molecule has 0 aliphatic heterocycles. The van der Waals surface area contributed by atoms with Gasteiger partial charge in [-0.25, -0.2) is 0 Å². The van der Waals surface area contributed by atoms with Crippen LogP contribution in [-0.4, -0.2) is 11.0 Å². The van der Waals surface area contributed by atoms with Crippen molar-refractivity contribution in [3.8, 4) is 17.6 Å². The molecule has 1 amide bonds. The van der Waals surface area contributed by atoms with Crippen LogP contribution in [-0.2, 0) is 11.4 Å². The highest BCUT2D eigenvalue weighted by Crippen LogP contribution is 2.26. The lowest BCUT2D eigenvalue weighted by molar-refractivity contribution is -0.112. The third-order valence-electron chi connectivity index (χ3n) is 4.09. The number of nitriles is 1. The number of rotatable bonds is 6. The van der Waals surface area contributed by atoms with Crippen molar-refractivity contribution < 1.29 is 14.6 Å². The molecular weight excluding hydrogens is 423 g/mol. The Hall–Kier alpha value is -3.46. The number of phenols is 1. The van der Waals surface area contributed by atoms with Gasteiger partial charge >= 0.3 is 0 Å². The van der Waals surface area contributed by atoms with E-state index in [9.17, 15) is 15.2 Å². The fourth-order valence-corrected chi connectivity index (χ4v) is 2.89. The minimum atomic E-state index is -0.567. The minimum Gasteiger partial charge on any atom is -0.508 e. The van der Waals surface area contributed by atoms with Gasteiger partial charge in [0.1, 0.15) is 29.7 Å². The SMILES string of the molecule is N#C/C(=C\c1ccccc1OCc1ccc(Cl)c(Cl)c1)C(=O)Nc1ccc(O)cc1. The van der Waals surface area contributed by atoms with Crippen LogP contribution in [0.4, 0.5) is 5.69 Å². The van der Waals surface area contributed by atoms with Crippen LogP contribution in [0, 0.1) is 11.3 Å². The normalized spacial score (nSPS) is 10.9. The Morgan fingerprint density at radius 3 is 2.50 bits per heavy atom. The number of nitrogens with one attached hydrogen (secondary N) is 1. The van der Waals surface area contributed by atoms with Crippen LogP contribution < -0.4 is 10.1 Å². The van der Waals surface area contributed by atoms with Gasteiger partial charge in [0.25, 0.3) is 5.91 Å². The highest BCUT2D eigenvalue weighted by atomic mass is 35.5. The van der Waals surface area contributed by atoms with Crippen LogP contribution in [0.3, 0.4) is 0 Å². The van der Waals surface area contributed by atoms with E-state index in [1.165, 1.54) is 30.3 Å². The molecule has 0 aliphatic carbocycles. The van der Waals surface area contributed by atoms with Gasteiger partial charge in [0.2, 0.25) is 0 Å². The van der Waals surface area contributed by atoms with Gasteiger partial charge in [0.05, 0.1) is 10.0 Å². The maximum absolute atomic E-state index is 12.5. The summed E-state index contributed by atoms with van der Waals surface area (Å²) in [5.41, 5.74) is 1.78. The third-order valence-corrected chi connectivity index (χ3v) is 4.83. The van der Waals surface area contributed by atoms with Gasteiger partial charge in [-0.05, 0) is 54.1 Å². The summed E-state index contributed by atoms with van der Waals surface area (Å²) in [6, 6.07) is 20.1. The largest absolute Gasteiger partial charge is 0.508 e. The molecule has 0 unspecified atom stereocenters. The van der Waals surface area contributed by atoms with E-state index in [0.29, 0.717) is 27.0 Å². The molecule has 3 rings (SSSR count). The minimum absolute atomic E-state index is 0.0806. The van der Waals surface area contributed by atoms with E-state index in [-0.39, 0.29) is 17.9 Å². The first-order chi connectivity index (χ1) is 14.5. The summed E-state index contributed by atoms with van der Waals surface area (Å²) in [5.74, 6) is 0.0216. The van der Waals surface area contributed by atoms with Gasteiger partial charge in [-0.1, -0.05) is 47.5 Å². The monoisotopic (exact) mass is 438 g/mol. The zero-order valence-corrected chi connectivity index (χ0v) is 17.1. The molecule has 0 atom stereocenters. The van der Waals surface area contributed by atoms with E-state index < -0.39 is 5.91 Å². The van der Waals surface area contributed by atoms with Crippen LogP contribution >= 0.6 is 23.2 Å². The smallest absolute Gasteiger partial charge is 0.266 e. The first kappa shape index (κ1) is 21.3. The number of aromatic hydroxyl groups is 1. The number of carbonyl (C=O) groups excluding carboxylic acids is 1. The molecule has 3 aromatic carbocycles. The molecule has 150 valence electrons. The summed E-state index contributed by atoms with van der Waals surface area (Å²) in [6.07, 6.45) is 1.46. The lowest BCUT2D eigenvalue weighted by atomic mass is 10.1. The van der Waals surface area contributed by atoms with Crippen molar-refractivity contribution >= 4 is 40.9 Å². The Morgan fingerprint density at radius 2 is 1.80 bits per heavy atom. The van der Waals surface area contributed by atoms with Crippen molar-refractivity contribution in [3.63, 3.8) is 0 Å². The van der Waals surface area contributed by atoms with Crippen molar-refractivity contribution in [2.45, 2.75) is 6.61 Å². The van der Waals surface area contributed by atoms with Gasteiger partial charge < -0.3 is 15.2 Å². The van der Waals surface area contributed by atoms with E-state index in [1.54, 1.807) is 42.5 Å². The third kappa shape index (κ3) is 5.54. The number of halogens is 2. The second-order valence-electron chi connectivity index (χ2n) is 6.25. The number of hydrogen-bond acceptors (Lipinski definition) is 4. The standard InChI is InChI=1S/C23H16Cl2N2O3/c24-20-10-5-15(11-21(20)25)14-30-22-4-2-1-3-16(22)12-17(13-26)23(29)27-18-6-8-19(28)9-7-18/h1-12,28H,14H2,(H,27,29)/b17-12+. The summed E-state index contributed by atoms with van der Waals surface area (Å²) in [4.78, 5) is 12.5. The molecule has 0 saturated heterocycles. The van der Waals surface area contributed by atoms with Crippen LogP contribution in [0.2, 0.25) is 10.0 Å². The summed E-state index contributed by atoms with van der Waals surface area (Å²) in [7, 11) is 0. The van der Waals surface area contributed by atoms with Gasteiger partial charge in [0, 0.05) is 11.3 Å². The van der Waals surface area contributed by atoms with Crippen molar-refractivity contribution in [3.05, 3.63) is 93.5 Å². The van der Waals surface area contributed by atoms with E-state index in [2.05, 4.69) is 5.32 Å². The highest BCUT2D eigenvalue weighted by Gasteiger charge is 2.12. The predicted octanol–water partition coefficient (Wildman–Crippen LogP) is 5.82.